The van der Waals surface area contributed by atoms with Gasteiger partial charge in [-0.25, -0.2) is 12.7 Å². The van der Waals surface area contributed by atoms with Gasteiger partial charge in [-0.05, 0) is 36.5 Å². The van der Waals surface area contributed by atoms with Crippen molar-refractivity contribution in [3.05, 3.63) is 29.3 Å². The number of sulfonamides is 1. The third kappa shape index (κ3) is 4.47. The van der Waals surface area contributed by atoms with E-state index in [1.807, 2.05) is 13.8 Å². The number of benzene rings is 1. The van der Waals surface area contributed by atoms with E-state index in [2.05, 4.69) is 5.32 Å². The molecule has 0 saturated carbocycles. The van der Waals surface area contributed by atoms with Crippen LogP contribution >= 0.6 is 12.4 Å². The van der Waals surface area contributed by atoms with Crippen molar-refractivity contribution in [2.75, 3.05) is 20.1 Å². The van der Waals surface area contributed by atoms with Crippen LogP contribution in [0.2, 0.25) is 0 Å². The molecule has 0 saturated heterocycles. The van der Waals surface area contributed by atoms with Gasteiger partial charge >= 0.3 is 0 Å². The molecule has 0 aliphatic carbocycles. The molecular formula is C16H26ClN3O3S. The number of nitrogens with one attached hydrogen (secondary N) is 1. The second-order valence-corrected chi connectivity index (χ2v) is 8.39. The van der Waals surface area contributed by atoms with E-state index < -0.39 is 10.0 Å². The molecule has 1 aliphatic rings. The van der Waals surface area contributed by atoms with Crippen LogP contribution in [0.1, 0.15) is 36.2 Å². The minimum atomic E-state index is -3.62. The normalized spacial score (nSPS) is 15.7. The summed E-state index contributed by atoms with van der Waals surface area (Å²) in [5, 5.41) is 2.73. The zero-order chi connectivity index (χ0) is 17.2. The average Bonchev–Trinajstić information content (AvgIpc) is 2.52. The van der Waals surface area contributed by atoms with Gasteiger partial charge in [0.25, 0.3) is 5.91 Å². The summed E-state index contributed by atoms with van der Waals surface area (Å²) in [5.41, 5.74) is 7.32. The Bertz CT molecular complexity index is 692. The molecule has 24 heavy (non-hydrogen) atoms. The molecule has 0 bridgehead atoms. The highest BCUT2D eigenvalue weighted by molar-refractivity contribution is 7.89. The summed E-state index contributed by atoms with van der Waals surface area (Å²) >= 11 is 0. The van der Waals surface area contributed by atoms with Crippen LogP contribution in [0, 0.1) is 5.92 Å². The zero-order valence-corrected chi connectivity index (χ0v) is 15.9. The molecule has 1 amide bonds. The molecule has 1 heterocycles. The maximum absolute atomic E-state index is 12.7. The van der Waals surface area contributed by atoms with Crippen molar-refractivity contribution in [1.82, 2.24) is 9.62 Å². The first-order valence-corrected chi connectivity index (χ1v) is 9.30. The lowest BCUT2D eigenvalue weighted by Crippen LogP contribution is -2.35. The standard InChI is InChI=1S/C16H25N3O3S.ClH/c1-11(2)15(17)7-9-19(3)23(21,22)13-5-4-12-6-8-18-16(20)14(12)10-13;/h4-5,10-11,15H,6-9,17H2,1-3H3,(H,18,20);1H. The van der Waals surface area contributed by atoms with Gasteiger partial charge in [0.2, 0.25) is 10.0 Å². The second kappa shape index (κ2) is 8.29. The highest BCUT2D eigenvalue weighted by Gasteiger charge is 2.25. The van der Waals surface area contributed by atoms with Gasteiger partial charge in [0, 0.05) is 31.7 Å². The third-order valence-corrected chi connectivity index (χ3v) is 6.20. The SMILES string of the molecule is CC(C)C(N)CCN(C)S(=O)(=O)c1ccc2c(c1)C(=O)NCC2.Cl. The largest absolute Gasteiger partial charge is 0.352 e. The van der Waals surface area contributed by atoms with E-state index in [0.717, 1.165) is 12.0 Å². The van der Waals surface area contributed by atoms with Gasteiger partial charge in [-0.1, -0.05) is 19.9 Å². The number of hydrogen-bond acceptors (Lipinski definition) is 4. The van der Waals surface area contributed by atoms with Crippen LogP contribution in [0.15, 0.2) is 23.1 Å². The quantitative estimate of drug-likeness (QED) is 0.785. The Morgan fingerprint density at radius 2 is 2.00 bits per heavy atom. The summed E-state index contributed by atoms with van der Waals surface area (Å²) in [6, 6.07) is 4.74. The third-order valence-electron chi connectivity index (χ3n) is 4.35. The molecule has 1 aromatic carbocycles. The average molecular weight is 376 g/mol. The van der Waals surface area contributed by atoms with Crippen molar-refractivity contribution < 1.29 is 13.2 Å². The molecule has 3 N–H and O–H groups in total. The van der Waals surface area contributed by atoms with E-state index in [9.17, 15) is 13.2 Å². The summed E-state index contributed by atoms with van der Waals surface area (Å²) in [5.74, 6) is 0.0892. The predicted molar refractivity (Wildman–Crippen MR) is 97.0 cm³/mol. The van der Waals surface area contributed by atoms with E-state index in [0.29, 0.717) is 31.0 Å². The van der Waals surface area contributed by atoms with Gasteiger partial charge in [0.15, 0.2) is 0 Å². The minimum Gasteiger partial charge on any atom is -0.352 e. The summed E-state index contributed by atoms with van der Waals surface area (Å²) < 4.78 is 26.6. The first kappa shape index (κ1) is 20.9. The van der Waals surface area contributed by atoms with Crippen LogP contribution in [-0.2, 0) is 16.4 Å². The molecule has 1 aromatic rings. The smallest absolute Gasteiger partial charge is 0.251 e. The fourth-order valence-electron chi connectivity index (χ4n) is 2.52. The highest BCUT2D eigenvalue weighted by atomic mass is 35.5. The molecule has 0 spiro atoms. The zero-order valence-electron chi connectivity index (χ0n) is 14.3. The molecular weight excluding hydrogens is 350 g/mol. The van der Waals surface area contributed by atoms with Crippen LogP contribution in [0.4, 0.5) is 0 Å². The molecule has 8 heteroatoms. The first-order valence-electron chi connectivity index (χ1n) is 7.86. The van der Waals surface area contributed by atoms with Gasteiger partial charge in [0.05, 0.1) is 4.90 Å². The number of hydrogen-bond donors (Lipinski definition) is 2. The van der Waals surface area contributed by atoms with Gasteiger partial charge in [0.1, 0.15) is 0 Å². The van der Waals surface area contributed by atoms with Crippen molar-refractivity contribution in [2.24, 2.45) is 11.7 Å². The molecule has 6 nitrogen and oxygen atoms in total. The van der Waals surface area contributed by atoms with Gasteiger partial charge < -0.3 is 11.1 Å². The maximum Gasteiger partial charge on any atom is 0.251 e. The number of fused-ring (bicyclic) bond motifs is 1. The Kier molecular flexibility index (Phi) is 7.22. The van der Waals surface area contributed by atoms with E-state index in [1.165, 1.54) is 10.4 Å². The summed E-state index contributed by atoms with van der Waals surface area (Å²) in [6.07, 6.45) is 1.32. The van der Waals surface area contributed by atoms with Gasteiger partial charge in [-0.15, -0.1) is 12.4 Å². The number of halogens is 1. The number of amides is 1. The van der Waals surface area contributed by atoms with Gasteiger partial charge in [-0.3, -0.25) is 4.79 Å². The van der Waals surface area contributed by atoms with E-state index in [-0.39, 0.29) is 29.3 Å². The number of nitrogens with two attached hydrogens (primary N) is 1. The molecule has 136 valence electrons. The van der Waals surface area contributed by atoms with Crippen LogP contribution < -0.4 is 11.1 Å². The second-order valence-electron chi connectivity index (χ2n) is 6.35. The van der Waals surface area contributed by atoms with Crippen LogP contribution in [-0.4, -0.2) is 44.8 Å². The number of rotatable bonds is 6. The van der Waals surface area contributed by atoms with Crippen molar-refractivity contribution in [2.45, 2.75) is 37.6 Å². The summed E-state index contributed by atoms with van der Waals surface area (Å²) in [6.45, 7) is 4.97. The number of carbonyl (C=O) groups is 1. The Morgan fingerprint density at radius 1 is 1.33 bits per heavy atom. The van der Waals surface area contributed by atoms with Crippen LogP contribution in [0.25, 0.3) is 0 Å². The molecule has 1 aliphatic heterocycles. The molecule has 1 atom stereocenters. The molecule has 0 aromatic heterocycles. The van der Waals surface area contributed by atoms with Crippen molar-refractivity contribution in [1.29, 1.82) is 0 Å². The van der Waals surface area contributed by atoms with Gasteiger partial charge in [-0.2, -0.15) is 0 Å². The fraction of sp³-hybridized carbons (Fsp3) is 0.562. The lowest BCUT2D eigenvalue weighted by atomic mass is 10.0. The maximum atomic E-state index is 12.7. The van der Waals surface area contributed by atoms with Crippen molar-refractivity contribution >= 4 is 28.3 Å². The Hall–Kier alpha value is -1.15. The monoisotopic (exact) mass is 375 g/mol. The highest BCUT2D eigenvalue weighted by Crippen LogP contribution is 2.21. The number of carbonyl (C=O) groups excluding carboxylic acids is 1. The van der Waals surface area contributed by atoms with Crippen molar-refractivity contribution in [3.8, 4) is 0 Å². The lowest BCUT2D eigenvalue weighted by Gasteiger charge is -2.22. The Labute approximate surface area is 150 Å². The minimum absolute atomic E-state index is 0. The topological polar surface area (TPSA) is 92.5 Å². The lowest BCUT2D eigenvalue weighted by molar-refractivity contribution is 0.0945. The van der Waals surface area contributed by atoms with Crippen LogP contribution in [0.5, 0.6) is 0 Å². The van der Waals surface area contributed by atoms with E-state index in [4.69, 9.17) is 5.73 Å². The Morgan fingerprint density at radius 3 is 2.62 bits per heavy atom. The van der Waals surface area contributed by atoms with E-state index >= 15 is 0 Å². The predicted octanol–water partition coefficient (Wildman–Crippen LogP) is 1.39. The Balaban J connectivity index is 0.00000288. The summed E-state index contributed by atoms with van der Waals surface area (Å²) in [7, 11) is -2.08. The molecule has 0 fully saturated rings. The molecule has 1 unspecified atom stereocenters. The number of nitrogens with zero attached hydrogens (tertiary/aromatic N) is 1. The van der Waals surface area contributed by atoms with Crippen LogP contribution in [0.3, 0.4) is 0 Å². The van der Waals surface area contributed by atoms with E-state index in [1.54, 1.807) is 19.2 Å². The molecule has 2 rings (SSSR count). The first-order chi connectivity index (χ1) is 10.7. The van der Waals surface area contributed by atoms with Crippen molar-refractivity contribution in [3.63, 3.8) is 0 Å². The fourth-order valence-corrected chi connectivity index (χ4v) is 3.73. The summed E-state index contributed by atoms with van der Waals surface area (Å²) in [4.78, 5) is 12.0. The molecule has 0 radical (unpaired) electrons.